The number of aromatic nitrogens is 4. The van der Waals surface area contributed by atoms with Gasteiger partial charge in [-0.25, -0.2) is 9.37 Å². The predicted octanol–water partition coefficient (Wildman–Crippen LogP) is 4.22. The average Bonchev–Trinajstić information content (AvgIpc) is 3.12. The second kappa shape index (κ2) is 8.45. The molecule has 0 saturated heterocycles. The molecule has 2 aromatic heterocycles. The fourth-order valence-corrected chi connectivity index (χ4v) is 3.26. The highest BCUT2D eigenvalue weighted by atomic mass is 35.5. The van der Waals surface area contributed by atoms with Crippen molar-refractivity contribution in [3.8, 4) is 5.75 Å². The molecule has 8 heteroatoms. The number of nitrogens with one attached hydrogen (secondary N) is 1. The largest absolute Gasteiger partial charge is 0.508 e. The number of phenols is 1. The van der Waals surface area contributed by atoms with Gasteiger partial charge in [-0.15, -0.1) is 0 Å². The first-order chi connectivity index (χ1) is 14.1. The summed E-state index contributed by atoms with van der Waals surface area (Å²) in [4.78, 5) is 13.0. The third-order valence-corrected chi connectivity index (χ3v) is 4.80. The Hall–Kier alpha value is -3.19. The number of aryl methyl sites for hydroxylation is 2. The molecule has 148 valence electrons. The monoisotopic (exact) mass is 411 g/mol. The number of halogens is 2. The molecule has 0 fully saturated rings. The van der Waals surface area contributed by atoms with E-state index in [9.17, 15) is 9.50 Å². The van der Waals surface area contributed by atoms with Gasteiger partial charge in [0.1, 0.15) is 11.6 Å². The van der Waals surface area contributed by atoms with Crippen LogP contribution in [0.2, 0.25) is 5.28 Å². The summed E-state index contributed by atoms with van der Waals surface area (Å²) >= 11 is 6.13. The van der Waals surface area contributed by atoms with Crippen molar-refractivity contribution in [1.82, 2.24) is 19.5 Å². The predicted molar refractivity (Wildman–Crippen MR) is 111 cm³/mol. The normalized spacial score (nSPS) is 11.1. The van der Waals surface area contributed by atoms with Crippen LogP contribution in [0, 0.1) is 5.82 Å². The zero-order chi connectivity index (χ0) is 20.2. The molecule has 0 aliphatic heterocycles. The number of hydrogen-bond donors (Lipinski definition) is 2. The Morgan fingerprint density at radius 3 is 2.41 bits per heavy atom. The maximum absolute atomic E-state index is 13.1. The van der Waals surface area contributed by atoms with Crippen LogP contribution in [0.4, 0.5) is 10.2 Å². The minimum Gasteiger partial charge on any atom is -0.508 e. The number of phenolic OH excluding ortho intramolecular Hbond substituents is 1. The van der Waals surface area contributed by atoms with E-state index in [0.717, 1.165) is 24.0 Å². The van der Waals surface area contributed by atoms with Gasteiger partial charge in [-0.3, -0.25) is 0 Å². The van der Waals surface area contributed by atoms with Gasteiger partial charge in [-0.2, -0.15) is 9.97 Å². The van der Waals surface area contributed by atoms with Crippen LogP contribution in [0.1, 0.15) is 11.1 Å². The standard InChI is InChI=1S/C21H19ClFN5O/c22-21-26-19(24-11-9-14-3-7-17(29)8-4-14)18-20(27-21)28(13-25-18)12-10-15-1-5-16(23)6-2-15/h1-8,13,29H,9-12H2,(H,24,26,27). The van der Waals surface area contributed by atoms with Crippen molar-refractivity contribution in [3.05, 3.63) is 77.1 Å². The van der Waals surface area contributed by atoms with Gasteiger partial charge in [0.05, 0.1) is 6.33 Å². The van der Waals surface area contributed by atoms with E-state index in [1.165, 1.54) is 12.1 Å². The van der Waals surface area contributed by atoms with Crippen molar-refractivity contribution in [2.75, 3.05) is 11.9 Å². The minimum absolute atomic E-state index is 0.146. The van der Waals surface area contributed by atoms with E-state index < -0.39 is 0 Å². The quantitative estimate of drug-likeness (QED) is 0.445. The third-order valence-electron chi connectivity index (χ3n) is 4.63. The highest BCUT2D eigenvalue weighted by Gasteiger charge is 2.12. The minimum atomic E-state index is -0.246. The molecular formula is C21H19ClFN5O. The fourth-order valence-electron chi connectivity index (χ4n) is 3.09. The van der Waals surface area contributed by atoms with Crippen molar-refractivity contribution >= 4 is 28.6 Å². The van der Waals surface area contributed by atoms with Crippen LogP contribution in [0.15, 0.2) is 54.9 Å². The second-order valence-corrected chi connectivity index (χ2v) is 7.01. The summed E-state index contributed by atoms with van der Waals surface area (Å²) in [7, 11) is 0. The summed E-state index contributed by atoms with van der Waals surface area (Å²) < 4.78 is 15.0. The van der Waals surface area contributed by atoms with Gasteiger partial charge >= 0.3 is 0 Å². The van der Waals surface area contributed by atoms with E-state index >= 15 is 0 Å². The molecule has 2 heterocycles. The van der Waals surface area contributed by atoms with Gasteiger partial charge in [0.25, 0.3) is 0 Å². The van der Waals surface area contributed by atoms with E-state index in [2.05, 4.69) is 20.3 Å². The molecule has 0 amide bonds. The number of anilines is 1. The maximum atomic E-state index is 13.1. The lowest BCUT2D eigenvalue weighted by molar-refractivity contribution is 0.475. The smallest absolute Gasteiger partial charge is 0.226 e. The molecule has 0 aliphatic carbocycles. The maximum Gasteiger partial charge on any atom is 0.226 e. The molecule has 4 aromatic rings. The molecule has 0 bridgehead atoms. The van der Waals surface area contributed by atoms with Gasteiger partial charge in [0.15, 0.2) is 17.0 Å². The van der Waals surface area contributed by atoms with E-state index in [0.29, 0.717) is 30.1 Å². The lowest BCUT2D eigenvalue weighted by atomic mass is 10.1. The zero-order valence-electron chi connectivity index (χ0n) is 15.5. The van der Waals surface area contributed by atoms with E-state index in [4.69, 9.17) is 11.6 Å². The SMILES string of the molecule is Oc1ccc(CCNc2nc(Cl)nc3c2ncn3CCc2ccc(F)cc2)cc1. The summed E-state index contributed by atoms with van der Waals surface area (Å²) in [6, 6.07) is 13.5. The highest BCUT2D eigenvalue weighted by molar-refractivity contribution is 6.28. The number of hydrogen-bond acceptors (Lipinski definition) is 5. The Bertz CT molecular complexity index is 1110. The Morgan fingerprint density at radius 1 is 0.966 bits per heavy atom. The number of rotatable bonds is 7. The first-order valence-corrected chi connectivity index (χ1v) is 9.61. The number of imidazole rings is 1. The van der Waals surface area contributed by atoms with Crippen molar-refractivity contribution in [2.24, 2.45) is 0 Å². The Morgan fingerprint density at radius 2 is 1.66 bits per heavy atom. The van der Waals surface area contributed by atoms with Crippen LogP contribution in [-0.2, 0) is 19.4 Å². The Balaban J connectivity index is 1.47. The van der Waals surface area contributed by atoms with E-state index in [1.807, 2.05) is 16.7 Å². The first-order valence-electron chi connectivity index (χ1n) is 9.23. The van der Waals surface area contributed by atoms with Crippen LogP contribution < -0.4 is 5.32 Å². The molecule has 0 atom stereocenters. The summed E-state index contributed by atoms with van der Waals surface area (Å²) in [5, 5.41) is 12.8. The van der Waals surface area contributed by atoms with E-state index in [-0.39, 0.29) is 16.9 Å². The lowest BCUT2D eigenvalue weighted by Crippen LogP contribution is -2.08. The summed E-state index contributed by atoms with van der Waals surface area (Å²) in [6.07, 6.45) is 3.19. The molecule has 29 heavy (non-hydrogen) atoms. The van der Waals surface area contributed by atoms with Crippen molar-refractivity contribution < 1.29 is 9.50 Å². The molecule has 0 saturated carbocycles. The molecule has 0 spiro atoms. The average molecular weight is 412 g/mol. The van der Waals surface area contributed by atoms with E-state index in [1.54, 1.807) is 30.6 Å². The van der Waals surface area contributed by atoms with Crippen molar-refractivity contribution in [3.63, 3.8) is 0 Å². The van der Waals surface area contributed by atoms with Gasteiger partial charge in [0, 0.05) is 13.1 Å². The molecule has 2 N–H and O–H groups in total. The topological polar surface area (TPSA) is 75.9 Å². The number of benzene rings is 2. The molecular weight excluding hydrogens is 393 g/mol. The van der Waals surface area contributed by atoms with Crippen molar-refractivity contribution in [2.45, 2.75) is 19.4 Å². The second-order valence-electron chi connectivity index (χ2n) is 6.67. The third kappa shape index (κ3) is 4.63. The van der Waals surface area contributed by atoms with Crippen molar-refractivity contribution in [1.29, 1.82) is 0 Å². The number of aromatic hydroxyl groups is 1. The summed E-state index contributed by atoms with van der Waals surface area (Å²) in [5.41, 5.74) is 3.43. The van der Waals surface area contributed by atoms with Gasteiger partial charge < -0.3 is 15.0 Å². The molecule has 0 radical (unpaired) electrons. The zero-order valence-corrected chi connectivity index (χ0v) is 16.3. The number of nitrogens with zero attached hydrogens (tertiary/aromatic N) is 4. The highest BCUT2D eigenvalue weighted by Crippen LogP contribution is 2.21. The lowest BCUT2D eigenvalue weighted by Gasteiger charge is -2.08. The van der Waals surface area contributed by atoms with Crippen LogP contribution in [0.3, 0.4) is 0 Å². The molecule has 4 rings (SSSR count). The molecule has 6 nitrogen and oxygen atoms in total. The van der Waals surface area contributed by atoms with Crippen LogP contribution >= 0.6 is 11.6 Å². The van der Waals surface area contributed by atoms with Crippen LogP contribution in [-0.4, -0.2) is 31.2 Å². The number of fused-ring (bicyclic) bond motifs is 1. The summed E-state index contributed by atoms with van der Waals surface area (Å²) in [6.45, 7) is 1.28. The molecule has 0 aliphatic rings. The fraction of sp³-hybridized carbons (Fsp3) is 0.190. The first kappa shape index (κ1) is 19.1. The Labute approximate surface area is 172 Å². The van der Waals surface area contributed by atoms with Gasteiger partial charge in [-0.1, -0.05) is 24.3 Å². The van der Waals surface area contributed by atoms with Crippen LogP contribution in [0.25, 0.3) is 11.2 Å². The molecule has 0 unspecified atom stereocenters. The van der Waals surface area contributed by atoms with Crippen LogP contribution in [0.5, 0.6) is 5.75 Å². The van der Waals surface area contributed by atoms with Gasteiger partial charge in [-0.05, 0) is 59.8 Å². The summed E-state index contributed by atoms with van der Waals surface area (Å²) in [5.74, 6) is 0.584. The molecule has 2 aromatic carbocycles. The Kier molecular flexibility index (Phi) is 5.57. The van der Waals surface area contributed by atoms with Gasteiger partial charge in [0.2, 0.25) is 5.28 Å².